The largest absolute Gasteiger partial charge is 0.391 e. The van der Waals surface area contributed by atoms with Gasteiger partial charge in [0.25, 0.3) is 5.91 Å². The first-order valence-electron chi connectivity index (χ1n) is 6.50. The molecule has 6 heteroatoms. The van der Waals surface area contributed by atoms with E-state index in [2.05, 4.69) is 21.2 Å². The van der Waals surface area contributed by atoms with E-state index in [1.54, 1.807) is 24.3 Å². The second-order valence-corrected chi connectivity index (χ2v) is 5.90. The molecule has 2 nitrogen and oxygen atoms in total. The summed E-state index contributed by atoms with van der Waals surface area (Å²) in [4.78, 5) is 12.0. The lowest BCUT2D eigenvalue weighted by Crippen LogP contribution is -2.40. The molecule has 1 saturated carbocycles. The molecule has 20 heavy (non-hydrogen) atoms. The molecule has 0 unspecified atom stereocenters. The van der Waals surface area contributed by atoms with Crippen LogP contribution in [0.25, 0.3) is 0 Å². The molecule has 1 aliphatic rings. The highest BCUT2D eigenvalue weighted by atomic mass is 79.9. The Labute approximate surface area is 123 Å². The Kier molecular flexibility index (Phi) is 4.73. The van der Waals surface area contributed by atoms with E-state index in [0.717, 1.165) is 0 Å². The maximum absolute atomic E-state index is 12.6. The van der Waals surface area contributed by atoms with E-state index in [0.29, 0.717) is 22.9 Å². The second kappa shape index (κ2) is 6.16. The molecule has 0 saturated heterocycles. The number of alkyl halides is 3. The minimum absolute atomic E-state index is 0.0877. The summed E-state index contributed by atoms with van der Waals surface area (Å²) >= 11 is 3.29. The van der Waals surface area contributed by atoms with E-state index in [1.165, 1.54) is 0 Å². The van der Waals surface area contributed by atoms with Crippen molar-refractivity contribution in [2.75, 3.05) is 0 Å². The number of hydrogen-bond donors (Lipinski definition) is 1. The van der Waals surface area contributed by atoms with Crippen molar-refractivity contribution in [2.45, 2.75) is 37.9 Å². The van der Waals surface area contributed by atoms with Gasteiger partial charge in [-0.1, -0.05) is 12.1 Å². The maximum atomic E-state index is 12.6. The predicted octanol–water partition coefficient (Wildman–Crippen LogP) is 4.30. The van der Waals surface area contributed by atoms with E-state index in [4.69, 9.17) is 0 Å². The third-order valence-electron chi connectivity index (χ3n) is 3.64. The molecule has 110 valence electrons. The van der Waals surface area contributed by atoms with Crippen LogP contribution in [0.3, 0.4) is 0 Å². The van der Waals surface area contributed by atoms with Crippen molar-refractivity contribution in [3.63, 3.8) is 0 Å². The molecule has 0 aliphatic heterocycles. The smallest absolute Gasteiger partial charge is 0.349 e. The first-order valence-corrected chi connectivity index (χ1v) is 7.29. The third-order valence-corrected chi connectivity index (χ3v) is 4.34. The van der Waals surface area contributed by atoms with E-state index in [1.807, 2.05) is 0 Å². The Bertz CT molecular complexity index is 482. The zero-order valence-corrected chi connectivity index (χ0v) is 12.3. The molecule has 0 bridgehead atoms. The fourth-order valence-corrected chi connectivity index (χ4v) is 2.94. The first kappa shape index (κ1) is 15.4. The summed E-state index contributed by atoms with van der Waals surface area (Å²) in [6.07, 6.45) is -3.19. The topological polar surface area (TPSA) is 29.1 Å². The molecule has 0 aromatic heterocycles. The van der Waals surface area contributed by atoms with Gasteiger partial charge in [-0.05, 0) is 53.7 Å². The van der Waals surface area contributed by atoms with Gasteiger partial charge in [0.2, 0.25) is 0 Å². The lowest BCUT2D eigenvalue weighted by molar-refractivity contribution is -0.182. The molecule has 1 aromatic rings. The molecule has 0 spiro atoms. The van der Waals surface area contributed by atoms with Crippen LogP contribution in [-0.2, 0) is 0 Å². The van der Waals surface area contributed by atoms with Crippen molar-refractivity contribution in [3.8, 4) is 0 Å². The van der Waals surface area contributed by atoms with Gasteiger partial charge in [-0.15, -0.1) is 0 Å². The number of nitrogens with one attached hydrogen (secondary N) is 1. The number of rotatable bonds is 2. The molecule has 1 aromatic carbocycles. The van der Waals surface area contributed by atoms with Crippen LogP contribution >= 0.6 is 15.9 Å². The van der Waals surface area contributed by atoms with Gasteiger partial charge in [0.05, 0.1) is 11.5 Å². The number of amides is 1. The van der Waals surface area contributed by atoms with Gasteiger partial charge in [-0.2, -0.15) is 13.2 Å². The Morgan fingerprint density at radius 1 is 1.15 bits per heavy atom. The summed E-state index contributed by atoms with van der Waals surface area (Å²) in [6, 6.07) is 6.82. The summed E-state index contributed by atoms with van der Waals surface area (Å²) in [6.45, 7) is 0. The molecule has 0 radical (unpaired) electrons. The van der Waals surface area contributed by atoms with Gasteiger partial charge in [-0.25, -0.2) is 0 Å². The Morgan fingerprint density at radius 2 is 1.75 bits per heavy atom. The molecule has 1 N–H and O–H groups in total. The fraction of sp³-hybridized carbons (Fsp3) is 0.500. The van der Waals surface area contributed by atoms with Crippen molar-refractivity contribution in [1.29, 1.82) is 0 Å². The number of benzene rings is 1. The highest BCUT2D eigenvalue weighted by Crippen LogP contribution is 2.37. The normalized spacial score (nSPS) is 23.4. The van der Waals surface area contributed by atoms with Crippen LogP contribution < -0.4 is 5.32 Å². The Hall–Kier alpha value is -1.04. The maximum Gasteiger partial charge on any atom is 0.391 e. The van der Waals surface area contributed by atoms with E-state index in [9.17, 15) is 18.0 Å². The average Bonchev–Trinajstić information content (AvgIpc) is 2.38. The van der Waals surface area contributed by atoms with Gasteiger partial charge in [0.1, 0.15) is 0 Å². The van der Waals surface area contributed by atoms with Crippen molar-refractivity contribution in [1.82, 2.24) is 5.32 Å². The van der Waals surface area contributed by atoms with Crippen LogP contribution in [0.5, 0.6) is 0 Å². The molecule has 1 fully saturated rings. The molecule has 1 aliphatic carbocycles. The SMILES string of the molecule is O=C(NC1CCC(C(F)(F)F)CC1)c1ccccc1Br. The van der Waals surface area contributed by atoms with Crippen LogP contribution in [-0.4, -0.2) is 18.1 Å². The van der Waals surface area contributed by atoms with Gasteiger partial charge in [-0.3, -0.25) is 4.79 Å². The lowest BCUT2D eigenvalue weighted by atomic mass is 9.85. The summed E-state index contributed by atoms with van der Waals surface area (Å²) in [5, 5.41) is 2.81. The molecule has 1 amide bonds. The summed E-state index contributed by atoms with van der Waals surface area (Å²) in [7, 11) is 0. The molecular weight excluding hydrogens is 335 g/mol. The summed E-state index contributed by atoms with van der Waals surface area (Å²) in [5.74, 6) is -1.47. The molecule has 2 rings (SSSR count). The predicted molar refractivity (Wildman–Crippen MR) is 73.4 cm³/mol. The minimum atomic E-state index is -4.11. The Morgan fingerprint density at radius 3 is 2.30 bits per heavy atom. The monoisotopic (exact) mass is 349 g/mol. The average molecular weight is 350 g/mol. The van der Waals surface area contributed by atoms with Crippen molar-refractivity contribution < 1.29 is 18.0 Å². The van der Waals surface area contributed by atoms with Gasteiger partial charge < -0.3 is 5.32 Å². The summed E-state index contributed by atoms with van der Waals surface area (Å²) in [5.41, 5.74) is 0.505. The highest BCUT2D eigenvalue weighted by molar-refractivity contribution is 9.10. The zero-order valence-electron chi connectivity index (χ0n) is 10.7. The summed E-state index contributed by atoms with van der Waals surface area (Å²) < 4.78 is 38.3. The molecular formula is C14H15BrF3NO. The molecule has 0 heterocycles. The van der Waals surface area contributed by atoms with E-state index < -0.39 is 12.1 Å². The highest BCUT2D eigenvalue weighted by Gasteiger charge is 2.41. The van der Waals surface area contributed by atoms with E-state index in [-0.39, 0.29) is 24.8 Å². The van der Waals surface area contributed by atoms with E-state index >= 15 is 0 Å². The van der Waals surface area contributed by atoms with Gasteiger partial charge in [0, 0.05) is 10.5 Å². The number of carbonyl (C=O) groups is 1. The van der Waals surface area contributed by atoms with Crippen LogP contribution in [0.1, 0.15) is 36.0 Å². The third kappa shape index (κ3) is 3.75. The minimum Gasteiger partial charge on any atom is -0.349 e. The second-order valence-electron chi connectivity index (χ2n) is 5.04. The standard InChI is InChI=1S/C14H15BrF3NO/c15-12-4-2-1-3-11(12)13(20)19-10-7-5-9(6-8-10)14(16,17)18/h1-4,9-10H,5-8H2,(H,19,20). The van der Waals surface area contributed by atoms with Crippen molar-refractivity contribution in [2.24, 2.45) is 5.92 Å². The van der Waals surface area contributed by atoms with Gasteiger partial charge in [0.15, 0.2) is 0 Å². The quantitative estimate of drug-likeness (QED) is 0.847. The number of hydrogen-bond acceptors (Lipinski definition) is 1. The zero-order chi connectivity index (χ0) is 14.8. The number of halogens is 4. The number of carbonyl (C=O) groups excluding carboxylic acids is 1. The first-order chi connectivity index (χ1) is 9.38. The van der Waals surface area contributed by atoms with Crippen LogP contribution in [0, 0.1) is 5.92 Å². The van der Waals surface area contributed by atoms with Crippen LogP contribution in [0.2, 0.25) is 0 Å². The lowest BCUT2D eigenvalue weighted by Gasteiger charge is -2.30. The van der Waals surface area contributed by atoms with Crippen LogP contribution in [0.4, 0.5) is 13.2 Å². The fourth-order valence-electron chi connectivity index (χ4n) is 2.47. The van der Waals surface area contributed by atoms with Crippen molar-refractivity contribution >= 4 is 21.8 Å². The van der Waals surface area contributed by atoms with Gasteiger partial charge >= 0.3 is 6.18 Å². The Balaban J connectivity index is 1.90. The van der Waals surface area contributed by atoms with Crippen LogP contribution in [0.15, 0.2) is 28.7 Å². The molecule has 0 atom stereocenters. The van der Waals surface area contributed by atoms with Crippen molar-refractivity contribution in [3.05, 3.63) is 34.3 Å².